The standard InChI is InChI=1S/C29H29FN4O3/c1-19-31-25-8-6-21(17-26(25)32-19)20-7-9-27-22(16-20)18-34(14-15-37-27)28(35)33-12-10-29(36,11-13-33)23-4-2-3-5-24(23)30/h2-9,16-17,36H,10-15,18H2,1H3,(H,31,32). The van der Waals surface area contributed by atoms with Crippen LogP contribution < -0.4 is 4.74 Å². The zero-order chi connectivity index (χ0) is 25.6. The number of aromatic nitrogens is 2. The molecule has 7 nitrogen and oxygen atoms in total. The summed E-state index contributed by atoms with van der Waals surface area (Å²) in [5.74, 6) is 1.25. The molecule has 2 N–H and O–H groups in total. The minimum Gasteiger partial charge on any atom is -0.491 e. The topological polar surface area (TPSA) is 81.7 Å². The summed E-state index contributed by atoms with van der Waals surface area (Å²) in [7, 11) is 0. The maximum Gasteiger partial charge on any atom is 0.320 e. The number of carbonyl (C=O) groups excluding carboxylic acids is 1. The molecule has 0 bridgehead atoms. The summed E-state index contributed by atoms with van der Waals surface area (Å²) in [6, 6.07) is 18.5. The summed E-state index contributed by atoms with van der Waals surface area (Å²) in [6.07, 6.45) is 0.584. The van der Waals surface area contributed by atoms with E-state index in [2.05, 4.69) is 28.2 Å². The van der Waals surface area contributed by atoms with E-state index in [0.717, 1.165) is 39.3 Å². The highest BCUT2D eigenvalue weighted by atomic mass is 19.1. The van der Waals surface area contributed by atoms with Crippen LogP contribution in [0.25, 0.3) is 22.2 Å². The number of halogens is 1. The lowest BCUT2D eigenvalue weighted by molar-refractivity contribution is -0.0227. The first kappa shape index (κ1) is 23.5. The van der Waals surface area contributed by atoms with Crippen LogP contribution in [0.5, 0.6) is 5.75 Å². The number of nitrogens with zero attached hydrogens (tertiary/aromatic N) is 3. The Morgan fingerprint density at radius 2 is 1.78 bits per heavy atom. The van der Waals surface area contributed by atoms with Gasteiger partial charge in [0.25, 0.3) is 0 Å². The Hall–Kier alpha value is -3.91. The maximum absolute atomic E-state index is 14.3. The average molecular weight is 501 g/mol. The van der Waals surface area contributed by atoms with Crippen LogP contribution in [0.3, 0.4) is 0 Å². The molecule has 0 atom stereocenters. The van der Waals surface area contributed by atoms with Crippen molar-refractivity contribution in [3.63, 3.8) is 0 Å². The van der Waals surface area contributed by atoms with Crippen LogP contribution in [0.4, 0.5) is 9.18 Å². The van der Waals surface area contributed by atoms with Crippen LogP contribution in [-0.2, 0) is 12.1 Å². The van der Waals surface area contributed by atoms with Crippen molar-refractivity contribution in [3.05, 3.63) is 83.4 Å². The highest BCUT2D eigenvalue weighted by Gasteiger charge is 2.38. The molecule has 1 fully saturated rings. The van der Waals surface area contributed by atoms with E-state index < -0.39 is 11.4 Å². The third-order valence-corrected chi connectivity index (χ3v) is 7.48. The molecular formula is C29H29FN4O3. The van der Waals surface area contributed by atoms with Crippen molar-refractivity contribution in [3.8, 4) is 16.9 Å². The molecule has 2 amide bonds. The first-order valence-electron chi connectivity index (χ1n) is 12.6. The Labute approximate surface area is 214 Å². The minimum absolute atomic E-state index is 0.0909. The number of likely N-dealkylation sites (tertiary alicyclic amines) is 1. The van der Waals surface area contributed by atoms with E-state index in [1.165, 1.54) is 6.07 Å². The van der Waals surface area contributed by atoms with Gasteiger partial charge >= 0.3 is 6.03 Å². The van der Waals surface area contributed by atoms with Gasteiger partial charge < -0.3 is 24.6 Å². The second kappa shape index (κ2) is 9.19. The fourth-order valence-electron chi connectivity index (χ4n) is 5.43. The number of piperidine rings is 1. The van der Waals surface area contributed by atoms with Crippen molar-refractivity contribution >= 4 is 17.1 Å². The summed E-state index contributed by atoms with van der Waals surface area (Å²) >= 11 is 0. The largest absolute Gasteiger partial charge is 0.491 e. The van der Waals surface area contributed by atoms with Gasteiger partial charge in [0.1, 0.15) is 24.0 Å². The second-order valence-electron chi connectivity index (χ2n) is 9.93. The Kier molecular flexibility index (Phi) is 5.83. The number of H-pyrrole nitrogens is 1. The van der Waals surface area contributed by atoms with Gasteiger partial charge in [-0.15, -0.1) is 0 Å². The molecule has 0 radical (unpaired) electrons. The number of aromatic amines is 1. The molecule has 37 heavy (non-hydrogen) atoms. The second-order valence-corrected chi connectivity index (χ2v) is 9.93. The van der Waals surface area contributed by atoms with Crippen LogP contribution in [-0.4, -0.2) is 57.1 Å². The molecule has 1 aromatic heterocycles. The molecule has 1 saturated heterocycles. The predicted molar refractivity (Wildman–Crippen MR) is 139 cm³/mol. The molecule has 3 aromatic carbocycles. The molecule has 4 aromatic rings. The van der Waals surface area contributed by atoms with Crippen molar-refractivity contribution in [1.29, 1.82) is 0 Å². The van der Waals surface area contributed by atoms with Gasteiger partial charge in [-0.1, -0.05) is 30.3 Å². The van der Waals surface area contributed by atoms with Gasteiger partial charge in [-0.3, -0.25) is 0 Å². The fourth-order valence-corrected chi connectivity index (χ4v) is 5.43. The molecule has 6 rings (SSSR count). The lowest BCUT2D eigenvalue weighted by atomic mass is 9.84. The SMILES string of the molecule is Cc1nc2ccc(-c3ccc4c(c3)CN(C(=O)N3CCC(O)(c5ccccc5F)CC3)CCO4)cc2[nH]1. The highest BCUT2D eigenvalue weighted by molar-refractivity contribution is 5.82. The van der Waals surface area contributed by atoms with Crippen LogP contribution >= 0.6 is 0 Å². The number of imidazole rings is 1. The molecule has 190 valence electrons. The van der Waals surface area contributed by atoms with Crippen LogP contribution in [0, 0.1) is 12.7 Å². The van der Waals surface area contributed by atoms with E-state index in [4.69, 9.17) is 4.74 Å². The molecule has 0 spiro atoms. The van der Waals surface area contributed by atoms with Crippen molar-refractivity contribution in [2.24, 2.45) is 0 Å². The summed E-state index contributed by atoms with van der Waals surface area (Å²) in [5, 5.41) is 11.1. The van der Waals surface area contributed by atoms with Gasteiger partial charge in [0.2, 0.25) is 0 Å². The number of fused-ring (bicyclic) bond motifs is 2. The number of ether oxygens (including phenoxy) is 1. The number of benzene rings is 3. The number of nitrogens with one attached hydrogen (secondary N) is 1. The summed E-state index contributed by atoms with van der Waals surface area (Å²) < 4.78 is 20.3. The van der Waals surface area contributed by atoms with Crippen LogP contribution in [0.15, 0.2) is 60.7 Å². The molecule has 0 unspecified atom stereocenters. The Morgan fingerprint density at radius 1 is 1.03 bits per heavy atom. The fraction of sp³-hybridized carbons (Fsp3) is 0.310. The quantitative estimate of drug-likeness (QED) is 0.407. The average Bonchev–Trinajstić information content (AvgIpc) is 3.14. The summed E-state index contributed by atoms with van der Waals surface area (Å²) in [4.78, 5) is 24.8. The number of hydrogen-bond donors (Lipinski definition) is 2. The van der Waals surface area contributed by atoms with Crippen LogP contribution in [0.2, 0.25) is 0 Å². The van der Waals surface area contributed by atoms with Crippen molar-refractivity contribution in [2.45, 2.75) is 31.9 Å². The monoisotopic (exact) mass is 500 g/mol. The smallest absolute Gasteiger partial charge is 0.320 e. The molecule has 0 aliphatic carbocycles. The Balaban J connectivity index is 1.19. The van der Waals surface area contributed by atoms with Crippen LogP contribution in [0.1, 0.15) is 29.8 Å². The van der Waals surface area contributed by atoms with E-state index in [0.29, 0.717) is 51.2 Å². The first-order chi connectivity index (χ1) is 17.9. The van der Waals surface area contributed by atoms with Gasteiger partial charge in [-0.05, 0) is 61.2 Å². The molecule has 3 heterocycles. The normalized spacial score (nSPS) is 17.3. The number of amides is 2. The lowest BCUT2D eigenvalue weighted by Crippen LogP contribution is -2.50. The summed E-state index contributed by atoms with van der Waals surface area (Å²) in [5.41, 5.74) is 4.00. The minimum atomic E-state index is -1.26. The molecule has 2 aliphatic heterocycles. The Morgan fingerprint density at radius 3 is 2.59 bits per heavy atom. The zero-order valence-electron chi connectivity index (χ0n) is 20.7. The highest BCUT2D eigenvalue weighted by Crippen LogP contribution is 2.35. The van der Waals surface area contributed by atoms with E-state index in [9.17, 15) is 14.3 Å². The number of carbonyl (C=O) groups is 1. The number of aryl methyl sites for hydroxylation is 1. The predicted octanol–water partition coefficient (Wildman–Crippen LogP) is 4.98. The number of hydrogen-bond acceptors (Lipinski definition) is 4. The van der Waals surface area contributed by atoms with E-state index >= 15 is 0 Å². The molecule has 8 heteroatoms. The van der Waals surface area contributed by atoms with Crippen molar-refractivity contribution in [2.75, 3.05) is 26.2 Å². The van der Waals surface area contributed by atoms with Crippen molar-refractivity contribution in [1.82, 2.24) is 19.8 Å². The van der Waals surface area contributed by atoms with Gasteiger partial charge in [0.15, 0.2) is 0 Å². The molecular weight excluding hydrogens is 471 g/mol. The van der Waals surface area contributed by atoms with E-state index in [1.807, 2.05) is 25.1 Å². The van der Waals surface area contributed by atoms with Crippen molar-refractivity contribution < 1.29 is 19.0 Å². The zero-order valence-corrected chi connectivity index (χ0v) is 20.7. The molecule has 0 saturated carbocycles. The number of aliphatic hydroxyl groups is 1. The Bertz CT molecular complexity index is 1480. The van der Waals surface area contributed by atoms with E-state index in [1.54, 1.807) is 28.0 Å². The molecule has 2 aliphatic rings. The van der Waals surface area contributed by atoms with E-state index in [-0.39, 0.29) is 6.03 Å². The van der Waals surface area contributed by atoms with Gasteiger partial charge in [0, 0.05) is 24.2 Å². The maximum atomic E-state index is 14.3. The third kappa shape index (κ3) is 4.42. The summed E-state index contributed by atoms with van der Waals surface area (Å²) in [6.45, 7) is 3.96. The van der Waals surface area contributed by atoms with Gasteiger partial charge in [-0.2, -0.15) is 0 Å². The number of rotatable bonds is 2. The lowest BCUT2D eigenvalue weighted by Gasteiger charge is -2.40. The first-order valence-corrected chi connectivity index (χ1v) is 12.6. The number of urea groups is 1. The third-order valence-electron chi connectivity index (χ3n) is 7.48. The van der Waals surface area contributed by atoms with Gasteiger partial charge in [-0.25, -0.2) is 14.2 Å². The van der Waals surface area contributed by atoms with Gasteiger partial charge in [0.05, 0.1) is 29.7 Å².